The van der Waals surface area contributed by atoms with Gasteiger partial charge in [0, 0.05) is 10.6 Å². The molecule has 0 fully saturated rings. The zero-order chi connectivity index (χ0) is 18.3. The molecular formula is C17H11Cl4N3O. The lowest BCUT2D eigenvalue weighted by Crippen LogP contribution is -2.08. The summed E-state index contributed by atoms with van der Waals surface area (Å²) in [7, 11) is 0. The lowest BCUT2D eigenvalue weighted by Gasteiger charge is -2.10. The van der Waals surface area contributed by atoms with Crippen LogP contribution >= 0.6 is 46.4 Å². The maximum Gasteiger partial charge on any atom is 0.200 e. The van der Waals surface area contributed by atoms with E-state index in [2.05, 4.69) is 5.10 Å². The predicted molar refractivity (Wildman–Crippen MR) is 103 cm³/mol. The first-order chi connectivity index (χ1) is 11.8. The molecule has 0 amide bonds. The van der Waals surface area contributed by atoms with Crippen molar-refractivity contribution >= 4 is 58.0 Å². The minimum absolute atomic E-state index is 0.119. The Labute approximate surface area is 164 Å². The fourth-order valence-electron chi connectivity index (χ4n) is 2.51. The van der Waals surface area contributed by atoms with Gasteiger partial charge in [-0.15, -0.1) is 0 Å². The third-order valence-corrected chi connectivity index (χ3v) is 4.76. The monoisotopic (exact) mass is 413 g/mol. The summed E-state index contributed by atoms with van der Waals surface area (Å²) in [6.45, 7) is 1.68. The number of halogens is 4. The number of nitrogens with two attached hydrogens (primary N) is 1. The fraction of sp³-hybridized carbons (Fsp3) is 0.0588. The molecule has 0 saturated heterocycles. The van der Waals surface area contributed by atoms with E-state index in [1.807, 2.05) is 0 Å². The first-order valence-corrected chi connectivity index (χ1v) is 8.61. The number of carbonyl (C=O) groups excluding carboxylic acids is 1. The molecule has 128 valence electrons. The molecule has 0 saturated carbocycles. The molecule has 0 aliphatic rings. The standard InChI is InChI=1S/C17H11Cl4N3O/c1-8-14(16(25)10-4-2-3-5-11(10)19)17(22)24(23-8)15-12(20)6-9(18)7-13(15)21/h2-7H,22H2,1H3. The number of aromatic nitrogens is 2. The normalized spacial score (nSPS) is 10.9. The van der Waals surface area contributed by atoms with Crippen molar-refractivity contribution in [3.63, 3.8) is 0 Å². The maximum absolute atomic E-state index is 12.9. The summed E-state index contributed by atoms with van der Waals surface area (Å²) in [6, 6.07) is 9.78. The SMILES string of the molecule is Cc1nn(-c2c(Cl)cc(Cl)cc2Cl)c(N)c1C(=O)c1ccccc1Cl. The molecule has 1 aromatic heterocycles. The molecule has 0 radical (unpaired) electrons. The Balaban J connectivity index is 2.18. The van der Waals surface area contributed by atoms with E-state index in [1.54, 1.807) is 31.2 Å². The van der Waals surface area contributed by atoms with Crippen molar-refractivity contribution in [2.24, 2.45) is 0 Å². The molecule has 2 aromatic carbocycles. The number of carbonyl (C=O) groups is 1. The van der Waals surface area contributed by atoms with Gasteiger partial charge in [-0.3, -0.25) is 4.79 Å². The fourth-order valence-corrected chi connectivity index (χ4v) is 3.71. The highest BCUT2D eigenvalue weighted by molar-refractivity contribution is 6.40. The molecule has 2 N–H and O–H groups in total. The number of anilines is 1. The third-order valence-electron chi connectivity index (χ3n) is 3.64. The van der Waals surface area contributed by atoms with E-state index < -0.39 is 0 Å². The summed E-state index contributed by atoms with van der Waals surface area (Å²) in [5.41, 5.74) is 7.56. The van der Waals surface area contributed by atoms with Crippen molar-refractivity contribution < 1.29 is 4.79 Å². The third kappa shape index (κ3) is 3.23. The minimum atomic E-state index is -0.326. The Morgan fingerprint density at radius 2 is 1.64 bits per heavy atom. The van der Waals surface area contributed by atoms with Gasteiger partial charge in [0.2, 0.25) is 0 Å². The molecule has 3 rings (SSSR count). The first-order valence-electron chi connectivity index (χ1n) is 7.10. The van der Waals surface area contributed by atoms with Gasteiger partial charge in [0.05, 0.1) is 26.3 Å². The number of ketones is 1. The number of nitrogen functional groups attached to an aromatic ring is 1. The number of aryl methyl sites for hydroxylation is 1. The lowest BCUT2D eigenvalue weighted by atomic mass is 10.0. The van der Waals surface area contributed by atoms with Gasteiger partial charge in [-0.2, -0.15) is 5.10 Å². The van der Waals surface area contributed by atoms with E-state index >= 15 is 0 Å². The van der Waals surface area contributed by atoms with Crippen LogP contribution in [0.3, 0.4) is 0 Å². The summed E-state index contributed by atoms with van der Waals surface area (Å²) in [5.74, 6) is -0.207. The highest BCUT2D eigenvalue weighted by Gasteiger charge is 2.25. The number of nitrogens with zero attached hydrogens (tertiary/aromatic N) is 2. The van der Waals surface area contributed by atoms with Crippen LogP contribution in [-0.4, -0.2) is 15.6 Å². The van der Waals surface area contributed by atoms with Gasteiger partial charge in [0.1, 0.15) is 11.5 Å². The van der Waals surface area contributed by atoms with Gasteiger partial charge in [0.15, 0.2) is 5.78 Å². The van der Waals surface area contributed by atoms with Crippen LogP contribution < -0.4 is 5.73 Å². The average molecular weight is 415 g/mol. The van der Waals surface area contributed by atoms with Crippen LogP contribution in [0, 0.1) is 6.92 Å². The van der Waals surface area contributed by atoms with E-state index in [1.165, 1.54) is 16.8 Å². The second kappa shape index (κ2) is 6.89. The topological polar surface area (TPSA) is 60.9 Å². The molecular weight excluding hydrogens is 404 g/mol. The summed E-state index contributed by atoms with van der Waals surface area (Å²) in [5, 5.41) is 5.58. The molecule has 3 aromatic rings. The van der Waals surface area contributed by atoms with Crippen LogP contribution in [0.15, 0.2) is 36.4 Å². The highest BCUT2D eigenvalue weighted by atomic mass is 35.5. The predicted octanol–water partition coefficient (Wildman–Crippen LogP) is 5.61. The van der Waals surface area contributed by atoms with Crippen molar-refractivity contribution in [3.8, 4) is 5.69 Å². The second-order valence-corrected chi connectivity index (χ2v) is 6.94. The van der Waals surface area contributed by atoms with Gasteiger partial charge in [-0.25, -0.2) is 4.68 Å². The van der Waals surface area contributed by atoms with Crippen molar-refractivity contribution in [1.29, 1.82) is 0 Å². The van der Waals surface area contributed by atoms with Crippen LogP contribution in [0.4, 0.5) is 5.82 Å². The first kappa shape index (κ1) is 18.1. The Hall–Kier alpha value is -1.72. The molecule has 0 bridgehead atoms. The molecule has 0 atom stereocenters. The van der Waals surface area contributed by atoms with Crippen molar-refractivity contribution in [2.45, 2.75) is 6.92 Å². The number of rotatable bonds is 3. The van der Waals surface area contributed by atoms with Crippen LogP contribution in [0.1, 0.15) is 21.6 Å². The van der Waals surface area contributed by atoms with Gasteiger partial charge in [-0.1, -0.05) is 58.5 Å². The quantitative estimate of drug-likeness (QED) is 0.566. The van der Waals surface area contributed by atoms with Crippen LogP contribution in [0.25, 0.3) is 5.69 Å². The van der Waals surface area contributed by atoms with Gasteiger partial charge in [-0.05, 0) is 31.2 Å². The number of hydrogen-bond donors (Lipinski definition) is 1. The van der Waals surface area contributed by atoms with Crippen LogP contribution in [0.5, 0.6) is 0 Å². The smallest absolute Gasteiger partial charge is 0.200 e. The lowest BCUT2D eigenvalue weighted by molar-refractivity contribution is 0.103. The van der Waals surface area contributed by atoms with Crippen LogP contribution in [-0.2, 0) is 0 Å². The van der Waals surface area contributed by atoms with E-state index in [0.717, 1.165) is 0 Å². The van der Waals surface area contributed by atoms with Gasteiger partial charge >= 0.3 is 0 Å². The summed E-state index contributed by atoms with van der Waals surface area (Å²) < 4.78 is 1.33. The largest absolute Gasteiger partial charge is 0.383 e. The summed E-state index contributed by atoms with van der Waals surface area (Å²) in [6.07, 6.45) is 0. The van der Waals surface area contributed by atoms with Crippen molar-refractivity contribution in [1.82, 2.24) is 9.78 Å². The highest BCUT2D eigenvalue weighted by Crippen LogP contribution is 2.35. The number of hydrogen-bond acceptors (Lipinski definition) is 3. The molecule has 8 heteroatoms. The minimum Gasteiger partial charge on any atom is -0.383 e. The molecule has 1 heterocycles. The van der Waals surface area contributed by atoms with Crippen molar-refractivity contribution in [2.75, 3.05) is 5.73 Å². The zero-order valence-electron chi connectivity index (χ0n) is 12.9. The van der Waals surface area contributed by atoms with Gasteiger partial charge in [0.25, 0.3) is 0 Å². The molecule has 0 unspecified atom stereocenters. The van der Waals surface area contributed by atoms with E-state index in [9.17, 15) is 4.79 Å². The summed E-state index contributed by atoms with van der Waals surface area (Å²) >= 11 is 24.5. The number of benzene rings is 2. The van der Waals surface area contributed by atoms with E-state index in [0.29, 0.717) is 27.0 Å². The Bertz CT molecular complexity index is 975. The summed E-state index contributed by atoms with van der Waals surface area (Å²) in [4.78, 5) is 12.9. The molecule has 25 heavy (non-hydrogen) atoms. The Morgan fingerprint density at radius 3 is 2.24 bits per heavy atom. The van der Waals surface area contributed by atoms with Crippen molar-refractivity contribution in [3.05, 3.63) is 73.3 Å². The average Bonchev–Trinajstić information content (AvgIpc) is 2.81. The molecule has 0 spiro atoms. The maximum atomic E-state index is 12.9. The van der Waals surface area contributed by atoms with Crippen LogP contribution in [0.2, 0.25) is 20.1 Å². The van der Waals surface area contributed by atoms with E-state index in [4.69, 9.17) is 52.1 Å². The Kier molecular flexibility index (Phi) is 4.98. The Morgan fingerprint density at radius 1 is 1.04 bits per heavy atom. The van der Waals surface area contributed by atoms with E-state index in [-0.39, 0.29) is 27.2 Å². The van der Waals surface area contributed by atoms with Gasteiger partial charge < -0.3 is 5.73 Å². The zero-order valence-corrected chi connectivity index (χ0v) is 15.9. The molecule has 0 aliphatic carbocycles. The molecule has 0 aliphatic heterocycles. The molecule has 4 nitrogen and oxygen atoms in total. The second-order valence-electron chi connectivity index (χ2n) is 5.28.